The Bertz CT molecular complexity index is 306. The molecule has 1 N–H and O–H groups in total. The number of hydrogen-bond acceptors (Lipinski definition) is 2. The van der Waals surface area contributed by atoms with E-state index >= 15 is 0 Å². The van der Waals surface area contributed by atoms with Crippen LogP contribution in [0.5, 0.6) is 0 Å². The molecule has 2 heteroatoms. The van der Waals surface area contributed by atoms with Crippen LogP contribution >= 0.6 is 11.3 Å². The normalized spacial score (nSPS) is 28.0. The summed E-state index contributed by atoms with van der Waals surface area (Å²) < 4.78 is 0. The maximum absolute atomic E-state index is 3.64. The van der Waals surface area contributed by atoms with Crippen molar-refractivity contribution >= 4 is 11.3 Å². The molecule has 0 saturated heterocycles. The van der Waals surface area contributed by atoms with Gasteiger partial charge in [0.15, 0.2) is 0 Å². The molecule has 17 heavy (non-hydrogen) atoms. The zero-order valence-electron chi connectivity index (χ0n) is 11.2. The quantitative estimate of drug-likeness (QED) is 0.716. The van der Waals surface area contributed by atoms with E-state index in [9.17, 15) is 0 Å². The first-order valence-corrected chi connectivity index (χ1v) is 7.93. The van der Waals surface area contributed by atoms with E-state index in [1.54, 1.807) is 4.88 Å². The Labute approximate surface area is 110 Å². The molecule has 2 rings (SSSR count). The van der Waals surface area contributed by atoms with Gasteiger partial charge in [-0.15, -0.1) is 11.3 Å². The van der Waals surface area contributed by atoms with Crippen molar-refractivity contribution < 1.29 is 0 Å². The molecule has 0 aliphatic heterocycles. The number of hydrogen-bond donors (Lipinski definition) is 1. The predicted octanol–water partition coefficient (Wildman–Crippen LogP) is 4.20. The van der Waals surface area contributed by atoms with E-state index in [0.29, 0.717) is 5.41 Å². The second-order valence-electron chi connectivity index (χ2n) is 5.50. The zero-order chi connectivity index (χ0) is 12.1. The Morgan fingerprint density at radius 2 is 2.18 bits per heavy atom. The minimum Gasteiger partial charge on any atom is -0.316 e. The van der Waals surface area contributed by atoms with E-state index in [4.69, 9.17) is 0 Å². The molecule has 1 nitrogen and oxygen atoms in total. The second-order valence-corrected chi connectivity index (χ2v) is 6.45. The van der Waals surface area contributed by atoms with Crippen molar-refractivity contribution in [3.8, 4) is 0 Å². The van der Waals surface area contributed by atoms with Gasteiger partial charge in [0.05, 0.1) is 0 Å². The summed E-state index contributed by atoms with van der Waals surface area (Å²) in [5, 5.41) is 5.86. The summed E-state index contributed by atoms with van der Waals surface area (Å²) in [5.41, 5.74) is 0.475. The number of rotatable bonds is 7. The summed E-state index contributed by atoms with van der Waals surface area (Å²) in [6.07, 6.45) is 6.80. The smallest absolute Gasteiger partial charge is 0.0177 e. The fourth-order valence-corrected chi connectivity index (χ4v) is 4.12. The van der Waals surface area contributed by atoms with E-state index in [1.807, 2.05) is 11.3 Å². The lowest BCUT2D eigenvalue weighted by atomic mass is 9.60. The summed E-state index contributed by atoms with van der Waals surface area (Å²) in [7, 11) is 0. The molecule has 1 aromatic heterocycles. The first kappa shape index (κ1) is 13.1. The van der Waals surface area contributed by atoms with Crippen molar-refractivity contribution in [2.75, 3.05) is 13.1 Å². The summed E-state index contributed by atoms with van der Waals surface area (Å²) >= 11 is 1.94. The van der Waals surface area contributed by atoms with E-state index in [0.717, 1.165) is 12.5 Å². The lowest BCUT2D eigenvalue weighted by molar-refractivity contribution is 0.132. The van der Waals surface area contributed by atoms with Crippen LogP contribution in [-0.2, 0) is 5.41 Å². The Morgan fingerprint density at radius 3 is 2.76 bits per heavy atom. The zero-order valence-corrected chi connectivity index (χ0v) is 12.0. The van der Waals surface area contributed by atoms with Crippen molar-refractivity contribution in [1.82, 2.24) is 5.32 Å². The lowest BCUT2D eigenvalue weighted by Crippen LogP contribution is -2.48. The van der Waals surface area contributed by atoms with Gasteiger partial charge in [-0.05, 0) is 43.2 Å². The molecule has 0 radical (unpaired) electrons. The highest BCUT2D eigenvalue weighted by molar-refractivity contribution is 7.10. The summed E-state index contributed by atoms with van der Waals surface area (Å²) in [5.74, 6) is 0.977. The summed E-state index contributed by atoms with van der Waals surface area (Å²) in [6, 6.07) is 4.54. The molecule has 0 spiro atoms. The van der Waals surface area contributed by atoms with Crippen molar-refractivity contribution in [1.29, 1.82) is 0 Å². The van der Waals surface area contributed by atoms with E-state index < -0.39 is 0 Å². The van der Waals surface area contributed by atoms with Gasteiger partial charge in [-0.25, -0.2) is 0 Å². The molecular weight excluding hydrogens is 226 g/mol. The van der Waals surface area contributed by atoms with Crippen LogP contribution in [0.15, 0.2) is 17.5 Å². The molecule has 1 aliphatic rings. The van der Waals surface area contributed by atoms with Crippen molar-refractivity contribution in [2.45, 2.75) is 51.4 Å². The Morgan fingerprint density at radius 1 is 1.35 bits per heavy atom. The van der Waals surface area contributed by atoms with Crippen molar-refractivity contribution in [2.24, 2.45) is 5.92 Å². The van der Waals surface area contributed by atoms with Gasteiger partial charge in [0, 0.05) is 16.8 Å². The average Bonchev–Trinajstić information content (AvgIpc) is 2.79. The van der Waals surface area contributed by atoms with Crippen LogP contribution in [-0.4, -0.2) is 13.1 Å². The molecule has 0 unspecified atom stereocenters. The van der Waals surface area contributed by atoms with Crippen LogP contribution in [0.1, 0.15) is 50.8 Å². The molecule has 1 fully saturated rings. The average molecular weight is 251 g/mol. The molecule has 0 aromatic carbocycles. The largest absolute Gasteiger partial charge is 0.316 e. The maximum Gasteiger partial charge on any atom is 0.0177 e. The second kappa shape index (κ2) is 6.01. The molecule has 0 bridgehead atoms. The number of nitrogens with one attached hydrogen (secondary N) is 1. The van der Waals surface area contributed by atoms with E-state index in [-0.39, 0.29) is 0 Å². The fraction of sp³-hybridized carbons (Fsp3) is 0.733. The van der Waals surface area contributed by atoms with Crippen LogP contribution in [0.3, 0.4) is 0 Å². The van der Waals surface area contributed by atoms with Gasteiger partial charge in [-0.1, -0.05) is 32.8 Å². The van der Waals surface area contributed by atoms with E-state index in [1.165, 1.54) is 38.6 Å². The van der Waals surface area contributed by atoms with Crippen LogP contribution < -0.4 is 5.32 Å². The van der Waals surface area contributed by atoms with Crippen LogP contribution in [0.25, 0.3) is 0 Å². The third-order valence-electron chi connectivity index (χ3n) is 3.99. The van der Waals surface area contributed by atoms with E-state index in [2.05, 4.69) is 36.7 Å². The third-order valence-corrected chi connectivity index (χ3v) is 5.11. The standard InChI is InChI=1S/C15H25NS/c1-3-6-13-10-15(11-13,12-16-8-4-2)14-7-5-9-17-14/h5,7,9,13,16H,3-4,6,8,10-12H2,1-2H3. The molecule has 1 aromatic rings. The Balaban J connectivity index is 1.95. The fourth-order valence-electron chi connectivity index (χ4n) is 3.18. The van der Waals surface area contributed by atoms with Crippen LogP contribution in [0.2, 0.25) is 0 Å². The minimum atomic E-state index is 0.475. The SMILES string of the molecule is CCCNCC1(c2cccs2)CC(CCC)C1. The summed E-state index contributed by atoms with van der Waals surface area (Å²) in [4.78, 5) is 1.61. The van der Waals surface area contributed by atoms with Crippen molar-refractivity contribution in [3.05, 3.63) is 22.4 Å². The highest BCUT2D eigenvalue weighted by Gasteiger charge is 2.45. The highest BCUT2D eigenvalue weighted by atomic mass is 32.1. The first-order valence-electron chi connectivity index (χ1n) is 7.05. The monoisotopic (exact) mass is 251 g/mol. The molecular formula is C15H25NS. The molecule has 1 saturated carbocycles. The predicted molar refractivity (Wildman–Crippen MR) is 76.8 cm³/mol. The lowest BCUT2D eigenvalue weighted by Gasteiger charge is -2.48. The molecule has 0 atom stereocenters. The van der Waals surface area contributed by atoms with Gasteiger partial charge in [0.2, 0.25) is 0 Å². The van der Waals surface area contributed by atoms with Gasteiger partial charge in [0.1, 0.15) is 0 Å². The van der Waals surface area contributed by atoms with Gasteiger partial charge >= 0.3 is 0 Å². The Kier molecular flexibility index (Phi) is 4.63. The topological polar surface area (TPSA) is 12.0 Å². The molecule has 1 aliphatic carbocycles. The maximum atomic E-state index is 3.64. The van der Waals surface area contributed by atoms with Crippen LogP contribution in [0.4, 0.5) is 0 Å². The Hall–Kier alpha value is -0.340. The molecule has 1 heterocycles. The van der Waals surface area contributed by atoms with Gasteiger partial charge in [0.25, 0.3) is 0 Å². The minimum absolute atomic E-state index is 0.475. The highest BCUT2D eigenvalue weighted by Crippen LogP contribution is 2.50. The molecule has 96 valence electrons. The van der Waals surface area contributed by atoms with Gasteiger partial charge in [-0.2, -0.15) is 0 Å². The van der Waals surface area contributed by atoms with Gasteiger partial charge in [-0.3, -0.25) is 0 Å². The van der Waals surface area contributed by atoms with Crippen molar-refractivity contribution in [3.63, 3.8) is 0 Å². The molecule has 0 amide bonds. The number of thiophene rings is 1. The first-order chi connectivity index (χ1) is 8.30. The summed E-state index contributed by atoms with van der Waals surface area (Å²) in [6.45, 7) is 6.89. The van der Waals surface area contributed by atoms with Gasteiger partial charge < -0.3 is 5.32 Å². The third kappa shape index (κ3) is 2.92. The van der Waals surface area contributed by atoms with Crippen LogP contribution in [0, 0.1) is 5.92 Å².